The summed E-state index contributed by atoms with van der Waals surface area (Å²) in [7, 11) is -3.40. The van der Waals surface area contributed by atoms with Gasteiger partial charge in [0.15, 0.2) is 21.4 Å². The van der Waals surface area contributed by atoms with E-state index in [-0.39, 0.29) is 30.2 Å². The van der Waals surface area contributed by atoms with Gasteiger partial charge in [0.1, 0.15) is 16.6 Å². The van der Waals surface area contributed by atoms with Crippen LogP contribution < -0.4 is 25.8 Å². The monoisotopic (exact) mass is 927 g/mol. The molecule has 0 bridgehead atoms. The van der Waals surface area contributed by atoms with Gasteiger partial charge >= 0.3 is 5.69 Å². The van der Waals surface area contributed by atoms with E-state index >= 15 is 0 Å². The van der Waals surface area contributed by atoms with Gasteiger partial charge in [-0.05, 0) is 171 Å². The summed E-state index contributed by atoms with van der Waals surface area (Å²) in [5.41, 5.74) is 12.6. The molecule has 3 aromatic carbocycles. The number of nitrogens with two attached hydrogens (primary N) is 1. The Labute approximate surface area is 392 Å². The van der Waals surface area contributed by atoms with E-state index in [1.807, 2.05) is 46.8 Å². The fourth-order valence-electron chi connectivity index (χ4n) is 6.40. The Morgan fingerprint density at radius 1 is 0.923 bits per heavy atom. The van der Waals surface area contributed by atoms with Crippen molar-refractivity contribution in [3.05, 3.63) is 117 Å². The van der Waals surface area contributed by atoms with Gasteiger partial charge in [-0.1, -0.05) is 31.2 Å². The predicted octanol–water partition coefficient (Wildman–Crippen LogP) is 11.5. The van der Waals surface area contributed by atoms with Gasteiger partial charge in [0, 0.05) is 18.5 Å². The maximum atomic E-state index is 12.4. The van der Waals surface area contributed by atoms with E-state index in [2.05, 4.69) is 69.8 Å². The molecule has 0 aliphatic carbocycles. The fourth-order valence-corrected chi connectivity index (χ4v) is 7.74. The summed E-state index contributed by atoms with van der Waals surface area (Å²) < 4.78 is 36.1. The van der Waals surface area contributed by atoms with Gasteiger partial charge in [0.2, 0.25) is 0 Å². The summed E-state index contributed by atoms with van der Waals surface area (Å²) in [6.07, 6.45) is 19.9. The fraction of sp³-hybridized carbons (Fsp3) is 0.380. The lowest BCUT2D eigenvalue weighted by atomic mass is 9.87. The smallest absolute Gasteiger partial charge is 0.311 e. The van der Waals surface area contributed by atoms with Crippen LogP contribution in [0, 0.1) is 56.1 Å². The average molecular weight is 929 g/mol. The van der Waals surface area contributed by atoms with Gasteiger partial charge in [-0.25, -0.2) is 18.4 Å². The Kier molecular flexibility index (Phi) is 24.4. The first kappa shape index (κ1) is 56.8. The molecular formula is C50H66ClN7O6S. The zero-order valence-electron chi connectivity index (χ0n) is 38.5. The van der Waals surface area contributed by atoms with Crippen molar-refractivity contribution < 1.29 is 22.8 Å². The summed E-state index contributed by atoms with van der Waals surface area (Å²) >= 11 is 6.04. The van der Waals surface area contributed by atoms with Crippen LogP contribution in [0.1, 0.15) is 97.2 Å². The molecule has 0 radical (unpaired) electrons. The summed E-state index contributed by atoms with van der Waals surface area (Å²) in [6.45, 7) is 20.6. The van der Waals surface area contributed by atoms with Crippen LogP contribution >= 0.6 is 11.6 Å². The second-order valence-electron chi connectivity index (χ2n) is 15.3. The number of nitro groups is 1. The summed E-state index contributed by atoms with van der Waals surface area (Å²) in [5.74, 6) is 4.95. The molecule has 0 atom stereocenters. The topological polar surface area (TPSA) is 184 Å². The molecule has 13 nitrogen and oxygen atoms in total. The van der Waals surface area contributed by atoms with Crippen molar-refractivity contribution in [2.45, 2.75) is 118 Å². The van der Waals surface area contributed by atoms with Crippen molar-refractivity contribution in [3.63, 3.8) is 0 Å². The number of sulfone groups is 1. The highest BCUT2D eigenvalue weighted by Crippen LogP contribution is 2.37. The highest BCUT2D eigenvalue weighted by atomic mass is 35.5. The standard InChI is InChI=1S/C15H16N2O3.C15H24N2O.C14H16ClN3O2S.C3H4.C2H2.CH4/c1-10(2)20-15-9-13(12-4-6-16-7-5-12)11(3)8-14(15)17(18)19;1-10(2)18-15-9-13(11(3)8-14(15)16)12-4-6-17-7-5-12;1-9(2)21(19,20)13-7-5-4-6-12(13)18-14-11(15)8-16-10(3)17-14;1-3-2;1-2;/h4-10H,1-3H3;8-10,12,17H,4-7,16H2,1-3H3;4-9H,1-3H3,(H,16,17,18);1H,2H3;1-2H;1H4. The first-order chi connectivity index (χ1) is 30.3. The summed E-state index contributed by atoms with van der Waals surface area (Å²) in [5, 5.41) is 17.3. The zero-order chi connectivity index (χ0) is 48.1. The molecular weight excluding hydrogens is 862 g/mol. The van der Waals surface area contributed by atoms with Crippen LogP contribution in [-0.2, 0) is 9.84 Å². The number of pyridine rings is 1. The van der Waals surface area contributed by atoms with E-state index < -0.39 is 20.0 Å². The molecule has 1 aliphatic heterocycles. The van der Waals surface area contributed by atoms with E-state index in [1.165, 1.54) is 30.2 Å². The van der Waals surface area contributed by atoms with Crippen molar-refractivity contribution >= 4 is 44.3 Å². The summed E-state index contributed by atoms with van der Waals surface area (Å²) in [6, 6.07) is 17.9. The Bertz CT molecular complexity index is 2450. The number of anilines is 3. The predicted molar refractivity (Wildman–Crippen MR) is 268 cm³/mol. The van der Waals surface area contributed by atoms with Gasteiger partial charge in [-0.2, -0.15) is 0 Å². The van der Waals surface area contributed by atoms with Gasteiger partial charge in [-0.3, -0.25) is 15.1 Å². The number of nitro benzene ring substituents is 1. The molecule has 65 heavy (non-hydrogen) atoms. The molecule has 0 amide bonds. The van der Waals surface area contributed by atoms with Crippen LogP contribution in [0.3, 0.4) is 0 Å². The van der Waals surface area contributed by atoms with Crippen LogP contribution in [0.5, 0.6) is 11.5 Å². The van der Waals surface area contributed by atoms with Crippen molar-refractivity contribution in [3.8, 4) is 47.8 Å². The lowest BCUT2D eigenvalue weighted by molar-refractivity contribution is -0.386. The van der Waals surface area contributed by atoms with Gasteiger partial charge in [0.25, 0.3) is 0 Å². The molecule has 1 saturated heterocycles. The number of halogens is 1. The van der Waals surface area contributed by atoms with E-state index in [1.54, 1.807) is 76.5 Å². The molecule has 350 valence electrons. The first-order valence-electron chi connectivity index (χ1n) is 20.7. The quantitative estimate of drug-likeness (QED) is 0.0494. The number of benzene rings is 3. The van der Waals surface area contributed by atoms with Gasteiger partial charge in [0.05, 0.1) is 44.8 Å². The molecule has 1 fully saturated rings. The molecule has 0 saturated carbocycles. The first-order valence-corrected chi connectivity index (χ1v) is 22.7. The molecule has 0 unspecified atom stereocenters. The van der Waals surface area contributed by atoms with E-state index in [9.17, 15) is 18.5 Å². The molecule has 2 aromatic heterocycles. The van der Waals surface area contributed by atoms with Gasteiger partial charge in [-0.15, -0.1) is 25.2 Å². The minimum atomic E-state index is -3.40. The number of rotatable bonds is 11. The number of terminal acetylenes is 2. The highest BCUT2D eigenvalue weighted by Gasteiger charge is 2.24. The number of hydrogen-bond acceptors (Lipinski definition) is 12. The van der Waals surface area contributed by atoms with E-state index in [0.29, 0.717) is 34.0 Å². The van der Waals surface area contributed by atoms with Crippen LogP contribution in [0.25, 0.3) is 11.1 Å². The number of nitrogens with zero attached hydrogens (tertiary/aromatic N) is 4. The minimum absolute atomic E-state index is 0. The molecule has 5 aromatic rings. The number of para-hydroxylation sites is 1. The second kappa shape index (κ2) is 27.9. The van der Waals surface area contributed by atoms with Crippen molar-refractivity contribution in [1.82, 2.24) is 20.3 Å². The molecule has 4 N–H and O–H groups in total. The Morgan fingerprint density at radius 3 is 2.05 bits per heavy atom. The van der Waals surface area contributed by atoms with Crippen molar-refractivity contribution in [1.29, 1.82) is 0 Å². The van der Waals surface area contributed by atoms with E-state index in [4.69, 9.17) is 26.8 Å². The van der Waals surface area contributed by atoms with Crippen molar-refractivity contribution in [2.24, 2.45) is 0 Å². The van der Waals surface area contributed by atoms with Crippen LogP contribution in [0.2, 0.25) is 5.02 Å². The number of aromatic nitrogens is 3. The van der Waals surface area contributed by atoms with Crippen molar-refractivity contribution in [2.75, 3.05) is 24.1 Å². The molecule has 0 spiro atoms. The third-order valence-corrected chi connectivity index (χ3v) is 11.8. The second-order valence-corrected chi connectivity index (χ2v) is 18.2. The number of nitrogen functional groups attached to an aromatic ring is 1. The molecule has 1 aliphatic rings. The Hall–Kier alpha value is -6.19. The number of nitrogens with one attached hydrogen (secondary N) is 2. The number of ether oxygens (including phenoxy) is 2. The van der Waals surface area contributed by atoms with Crippen LogP contribution in [0.15, 0.2) is 84.1 Å². The maximum absolute atomic E-state index is 12.4. The lowest BCUT2D eigenvalue weighted by Gasteiger charge is -2.25. The van der Waals surface area contributed by atoms with E-state index in [0.717, 1.165) is 41.2 Å². The number of piperidine rings is 1. The van der Waals surface area contributed by atoms with Crippen LogP contribution in [-0.4, -0.2) is 58.8 Å². The number of hydrogen-bond donors (Lipinski definition) is 3. The largest absolute Gasteiger partial charge is 0.489 e. The summed E-state index contributed by atoms with van der Waals surface area (Å²) in [4.78, 5) is 23.1. The maximum Gasteiger partial charge on any atom is 0.311 e. The van der Waals surface area contributed by atoms with Gasteiger partial charge < -0.3 is 25.8 Å². The zero-order valence-corrected chi connectivity index (χ0v) is 40.0. The van der Waals surface area contributed by atoms with Crippen LogP contribution in [0.4, 0.5) is 22.9 Å². The number of aryl methyl sites for hydroxylation is 3. The molecule has 15 heteroatoms. The lowest BCUT2D eigenvalue weighted by Crippen LogP contribution is -2.27. The third-order valence-electron chi connectivity index (χ3n) is 9.33. The Morgan fingerprint density at radius 2 is 1.49 bits per heavy atom. The molecule has 6 rings (SSSR count). The normalized spacial score (nSPS) is 11.9. The minimum Gasteiger partial charge on any atom is -0.489 e. The molecule has 3 heterocycles. The SMILES string of the molecule is C.C#C.C#CC.Cc1cc(N)c(OC(C)C)cc1C1CCNCC1.Cc1cc([N+](=O)[O-])c(OC(C)C)cc1-c1ccncc1.Cc1ncc(Cl)c(Nc2ccccc2S(=O)(=O)C(C)C)n1. The third kappa shape index (κ3) is 17.4. The Balaban J connectivity index is 0.000000461. The average Bonchev–Trinajstić information content (AvgIpc) is 3.25. The highest BCUT2D eigenvalue weighted by molar-refractivity contribution is 7.92.